The second-order valence-electron chi connectivity index (χ2n) is 5.76. The van der Waals surface area contributed by atoms with Crippen LogP contribution >= 0.6 is 0 Å². The quantitative estimate of drug-likeness (QED) is 0.395. The Morgan fingerprint density at radius 3 is 1.61 bits per heavy atom. The van der Waals surface area contributed by atoms with Crippen LogP contribution in [-0.2, 0) is 0 Å². The van der Waals surface area contributed by atoms with E-state index in [0.717, 1.165) is 12.3 Å². The SMILES string of the molecule is CCCCCCCCCCCCC(CC)CCO. The Labute approximate surface area is 115 Å². The van der Waals surface area contributed by atoms with Crippen molar-refractivity contribution in [3.8, 4) is 0 Å². The van der Waals surface area contributed by atoms with Gasteiger partial charge in [0.1, 0.15) is 0 Å². The zero-order valence-corrected chi connectivity index (χ0v) is 12.9. The van der Waals surface area contributed by atoms with E-state index >= 15 is 0 Å². The molecule has 0 rings (SSSR count). The van der Waals surface area contributed by atoms with E-state index in [2.05, 4.69) is 13.8 Å². The molecular formula is C17H36O. The maximum atomic E-state index is 8.93. The van der Waals surface area contributed by atoms with Crippen molar-refractivity contribution in [3.05, 3.63) is 0 Å². The topological polar surface area (TPSA) is 20.2 Å². The lowest BCUT2D eigenvalue weighted by Gasteiger charge is -2.12. The van der Waals surface area contributed by atoms with Crippen LogP contribution in [0.1, 0.15) is 97.3 Å². The van der Waals surface area contributed by atoms with Crippen molar-refractivity contribution in [1.82, 2.24) is 0 Å². The molecule has 0 spiro atoms. The second-order valence-corrected chi connectivity index (χ2v) is 5.76. The van der Waals surface area contributed by atoms with Gasteiger partial charge in [0.2, 0.25) is 0 Å². The van der Waals surface area contributed by atoms with Crippen LogP contribution in [0.5, 0.6) is 0 Å². The summed E-state index contributed by atoms with van der Waals surface area (Å²) < 4.78 is 0. The highest BCUT2D eigenvalue weighted by Crippen LogP contribution is 2.18. The first-order valence-corrected chi connectivity index (χ1v) is 8.46. The van der Waals surface area contributed by atoms with Gasteiger partial charge < -0.3 is 5.11 Å². The zero-order chi connectivity index (χ0) is 13.5. The van der Waals surface area contributed by atoms with Crippen LogP contribution in [0, 0.1) is 5.92 Å². The van der Waals surface area contributed by atoms with Crippen LogP contribution in [0.3, 0.4) is 0 Å². The van der Waals surface area contributed by atoms with Gasteiger partial charge >= 0.3 is 0 Å². The number of rotatable bonds is 14. The van der Waals surface area contributed by atoms with Crippen LogP contribution < -0.4 is 0 Å². The molecule has 0 saturated carbocycles. The normalized spacial score (nSPS) is 12.8. The van der Waals surface area contributed by atoms with Crippen LogP contribution in [0.25, 0.3) is 0 Å². The molecule has 0 aromatic carbocycles. The van der Waals surface area contributed by atoms with Gasteiger partial charge in [-0.15, -0.1) is 0 Å². The zero-order valence-electron chi connectivity index (χ0n) is 12.9. The fourth-order valence-electron chi connectivity index (χ4n) is 2.66. The first-order chi connectivity index (χ1) is 8.85. The lowest BCUT2D eigenvalue weighted by molar-refractivity contribution is 0.246. The molecule has 0 aliphatic rings. The summed E-state index contributed by atoms with van der Waals surface area (Å²) in [7, 11) is 0. The van der Waals surface area contributed by atoms with E-state index in [4.69, 9.17) is 5.11 Å². The van der Waals surface area contributed by atoms with Gasteiger partial charge in [-0.25, -0.2) is 0 Å². The molecule has 0 amide bonds. The van der Waals surface area contributed by atoms with Gasteiger partial charge in [0, 0.05) is 6.61 Å². The average Bonchev–Trinajstić information content (AvgIpc) is 2.39. The molecule has 0 aliphatic carbocycles. The highest BCUT2D eigenvalue weighted by atomic mass is 16.3. The van der Waals surface area contributed by atoms with E-state index in [1.165, 1.54) is 77.0 Å². The molecule has 0 fully saturated rings. The molecule has 0 radical (unpaired) electrons. The van der Waals surface area contributed by atoms with Gasteiger partial charge in [-0.2, -0.15) is 0 Å². The summed E-state index contributed by atoms with van der Waals surface area (Å²) in [6.07, 6.45) is 17.7. The molecule has 0 bridgehead atoms. The van der Waals surface area contributed by atoms with Gasteiger partial charge in [0.15, 0.2) is 0 Å². The van der Waals surface area contributed by atoms with Crippen molar-refractivity contribution >= 4 is 0 Å². The van der Waals surface area contributed by atoms with Gasteiger partial charge in [0.25, 0.3) is 0 Å². The summed E-state index contributed by atoms with van der Waals surface area (Å²) in [6, 6.07) is 0. The third kappa shape index (κ3) is 12.4. The summed E-state index contributed by atoms with van der Waals surface area (Å²) in [6.45, 7) is 4.90. The molecule has 1 atom stereocenters. The number of hydrogen-bond donors (Lipinski definition) is 1. The molecule has 0 aromatic heterocycles. The minimum Gasteiger partial charge on any atom is -0.396 e. The maximum absolute atomic E-state index is 8.93. The number of aliphatic hydroxyl groups is 1. The van der Waals surface area contributed by atoms with Crippen molar-refractivity contribution in [2.45, 2.75) is 97.3 Å². The minimum atomic E-state index is 0.371. The lowest BCUT2D eigenvalue weighted by Crippen LogP contribution is -2.01. The summed E-state index contributed by atoms with van der Waals surface area (Å²) in [5.74, 6) is 0.768. The van der Waals surface area contributed by atoms with Crippen LogP contribution in [0.2, 0.25) is 0 Å². The molecule has 1 nitrogen and oxygen atoms in total. The largest absolute Gasteiger partial charge is 0.396 e. The number of unbranched alkanes of at least 4 members (excludes halogenated alkanes) is 9. The van der Waals surface area contributed by atoms with Crippen LogP contribution in [0.15, 0.2) is 0 Å². The van der Waals surface area contributed by atoms with Gasteiger partial charge in [-0.1, -0.05) is 90.9 Å². The molecular weight excluding hydrogens is 220 g/mol. The lowest BCUT2D eigenvalue weighted by atomic mass is 9.95. The number of aliphatic hydroxyl groups excluding tert-OH is 1. The van der Waals surface area contributed by atoms with Crippen LogP contribution in [0.4, 0.5) is 0 Å². The predicted octanol–water partition coefficient (Wildman–Crippen LogP) is 5.71. The molecule has 0 saturated heterocycles. The summed E-state index contributed by atoms with van der Waals surface area (Å²) in [5, 5.41) is 8.93. The standard InChI is InChI=1S/C17H36O/c1-3-5-6-7-8-9-10-11-12-13-14-17(4-2)15-16-18/h17-18H,3-16H2,1-2H3. The Hall–Kier alpha value is -0.0400. The third-order valence-electron chi connectivity index (χ3n) is 4.08. The van der Waals surface area contributed by atoms with Crippen molar-refractivity contribution in [2.24, 2.45) is 5.92 Å². The summed E-state index contributed by atoms with van der Waals surface area (Å²) in [5.41, 5.74) is 0. The average molecular weight is 256 g/mol. The van der Waals surface area contributed by atoms with E-state index in [1.807, 2.05) is 0 Å². The fraction of sp³-hybridized carbons (Fsp3) is 1.00. The fourth-order valence-corrected chi connectivity index (χ4v) is 2.66. The van der Waals surface area contributed by atoms with Crippen molar-refractivity contribution in [3.63, 3.8) is 0 Å². The van der Waals surface area contributed by atoms with E-state index in [-0.39, 0.29) is 0 Å². The number of hydrogen-bond acceptors (Lipinski definition) is 1. The van der Waals surface area contributed by atoms with E-state index in [0.29, 0.717) is 6.61 Å². The van der Waals surface area contributed by atoms with Crippen LogP contribution in [-0.4, -0.2) is 11.7 Å². The molecule has 1 heteroatoms. The third-order valence-corrected chi connectivity index (χ3v) is 4.08. The Kier molecular flexibility index (Phi) is 15.0. The van der Waals surface area contributed by atoms with Gasteiger partial charge in [0.05, 0.1) is 0 Å². The highest BCUT2D eigenvalue weighted by Gasteiger charge is 2.04. The Bertz CT molecular complexity index is 145. The van der Waals surface area contributed by atoms with Gasteiger partial charge in [-0.05, 0) is 12.3 Å². The molecule has 0 aliphatic heterocycles. The molecule has 18 heavy (non-hydrogen) atoms. The Balaban J connectivity index is 3.10. The van der Waals surface area contributed by atoms with E-state index in [1.54, 1.807) is 0 Å². The smallest absolute Gasteiger partial charge is 0.0433 e. The summed E-state index contributed by atoms with van der Waals surface area (Å²) in [4.78, 5) is 0. The summed E-state index contributed by atoms with van der Waals surface area (Å²) >= 11 is 0. The maximum Gasteiger partial charge on any atom is 0.0433 e. The molecule has 110 valence electrons. The minimum absolute atomic E-state index is 0.371. The first kappa shape index (κ1) is 18.0. The highest BCUT2D eigenvalue weighted by molar-refractivity contribution is 4.57. The molecule has 1 unspecified atom stereocenters. The molecule has 0 aromatic rings. The van der Waals surface area contributed by atoms with E-state index < -0.39 is 0 Å². The second kappa shape index (κ2) is 15.0. The van der Waals surface area contributed by atoms with Crippen molar-refractivity contribution in [2.75, 3.05) is 6.61 Å². The molecule has 1 N–H and O–H groups in total. The molecule has 0 heterocycles. The predicted molar refractivity (Wildman–Crippen MR) is 81.9 cm³/mol. The first-order valence-electron chi connectivity index (χ1n) is 8.46. The van der Waals surface area contributed by atoms with E-state index in [9.17, 15) is 0 Å². The monoisotopic (exact) mass is 256 g/mol. The van der Waals surface area contributed by atoms with Gasteiger partial charge in [-0.3, -0.25) is 0 Å². The van der Waals surface area contributed by atoms with Crippen molar-refractivity contribution < 1.29 is 5.11 Å². The Morgan fingerprint density at radius 1 is 0.667 bits per heavy atom. The Morgan fingerprint density at radius 2 is 1.17 bits per heavy atom. The van der Waals surface area contributed by atoms with Crippen molar-refractivity contribution in [1.29, 1.82) is 0 Å².